The molecule has 2 aromatic carbocycles. The van der Waals surface area contributed by atoms with Gasteiger partial charge in [0, 0.05) is 42.0 Å². The molecule has 0 amide bonds. The van der Waals surface area contributed by atoms with Gasteiger partial charge in [0.05, 0.1) is 33.7 Å². The summed E-state index contributed by atoms with van der Waals surface area (Å²) in [5.41, 5.74) is 6.28. The Morgan fingerprint density at radius 3 is 2.56 bits per heavy atom. The summed E-state index contributed by atoms with van der Waals surface area (Å²) >= 11 is 0. The smallest absolute Gasteiger partial charge is 0.166 e. The number of nitrogens with one attached hydrogen (secondary N) is 1. The van der Waals surface area contributed by atoms with Crippen molar-refractivity contribution in [2.45, 2.75) is 70.8 Å². The summed E-state index contributed by atoms with van der Waals surface area (Å²) in [6, 6.07) is 12.0. The Bertz CT molecular complexity index is 1710. The Balaban J connectivity index is 1.48. The maximum absolute atomic E-state index is 16.2. The standard InChI is InChI=1S/C32H31F3N4/c1-6-18-8-7-9-21-24-15-31(4,35)28-23(12-13-36-28)32(24,5)29-22-17-38(16-19-10-11-20(33)14-25(19)34)30(2,3)27(22)37-39(29)26(18)21/h7-15,36H,6,16-17H2,1-5H3. The van der Waals surface area contributed by atoms with E-state index in [0.717, 1.165) is 57.4 Å². The van der Waals surface area contributed by atoms with Crippen LogP contribution in [0.4, 0.5) is 13.2 Å². The maximum Gasteiger partial charge on any atom is 0.166 e. The summed E-state index contributed by atoms with van der Waals surface area (Å²) in [7, 11) is 0. The molecule has 0 saturated heterocycles. The fraction of sp³-hybridized carbons (Fsp3) is 0.344. The van der Waals surface area contributed by atoms with Crippen molar-refractivity contribution < 1.29 is 13.2 Å². The van der Waals surface area contributed by atoms with Gasteiger partial charge in [0.2, 0.25) is 0 Å². The van der Waals surface area contributed by atoms with Crippen molar-refractivity contribution in [2.24, 2.45) is 0 Å². The van der Waals surface area contributed by atoms with E-state index in [1.165, 1.54) is 12.1 Å². The molecule has 200 valence electrons. The van der Waals surface area contributed by atoms with Crippen molar-refractivity contribution in [2.75, 3.05) is 0 Å². The molecular formula is C32H31F3N4. The number of benzene rings is 2. The molecule has 1 aliphatic carbocycles. The lowest BCUT2D eigenvalue weighted by Crippen LogP contribution is -2.41. The molecule has 7 rings (SSSR count). The number of fused-ring (bicyclic) bond motifs is 10. The highest BCUT2D eigenvalue weighted by Gasteiger charge is 2.54. The molecule has 7 heteroatoms. The first-order valence-corrected chi connectivity index (χ1v) is 13.5. The number of para-hydroxylation sites is 1. The third kappa shape index (κ3) is 3.08. The summed E-state index contributed by atoms with van der Waals surface area (Å²) in [6.45, 7) is 11.0. The Morgan fingerprint density at radius 1 is 1.03 bits per heavy atom. The second-order valence-electron chi connectivity index (χ2n) is 11.9. The molecule has 0 radical (unpaired) electrons. The number of H-pyrrole nitrogens is 1. The molecule has 2 unspecified atom stereocenters. The van der Waals surface area contributed by atoms with E-state index in [0.29, 0.717) is 24.3 Å². The van der Waals surface area contributed by atoms with Crippen LogP contribution in [0.25, 0.3) is 11.3 Å². The normalized spacial score (nSPS) is 24.5. The molecule has 4 heterocycles. The number of alkyl halides is 1. The average Bonchev–Trinajstić information content (AvgIpc) is 3.59. The number of rotatable bonds is 3. The number of aromatic amines is 1. The van der Waals surface area contributed by atoms with Crippen LogP contribution < -0.4 is 0 Å². The van der Waals surface area contributed by atoms with E-state index in [9.17, 15) is 8.78 Å². The number of allylic oxidation sites excluding steroid dienone is 2. The molecule has 0 bridgehead atoms. The van der Waals surface area contributed by atoms with Crippen molar-refractivity contribution in [3.05, 3.63) is 111 Å². The van der Waals surface area contributed by atoms with Crippen LogP contribution in [0.5, 0.6) is 0 Å². The zero-order valence-electron chi connectivity index (χ0n) is 22.8. The number of halogens is 3. The molecular weight excluding hydrogens is 497 g/mol. The predicted molar refractivity (Wildman–Crippen MR) is 145 cm³/mol. The lowest BCUT2D eigenvalue weighted by atomic mass is 9.62. The summed E-state index contributed by atoms with van der Waals surface area (Å²) in [6.07, 6.45) is 4.41. The minimum absolute atomic E-state index is 0.322. The van der Waals surface area contributed by atoms with Gasteiger partial charge >= 0.3 is 0 Å². The number of nitrogens with zero attached hydrogens (tertiary/aromatic N) is 3. The number of aryl methyl sites for hydroxylation is 1. The van der Waals surface area contributed by atoms with E-state index in [2.05, 4.69) is 54.4 Å². The van der Waals surface area contributed by atoms with Crippen LogP contribution in [0, 0.1) is 11.6 Å². The van der Waals surface area contributed by atoms with E-state index >= 15 is 4.39 Å². The largest absolute Gasteiger partial charge is 0.362 e. The van der Waals surface area contributed by atoms with Crippen molar-refractivity contribution in [1.29, 1.82) is 0 Å². The Kier molecular flexibility index (Phi) is 4.86. The first-order valence-electron chi connectivity index (χ1n) is 13.5. The summed E-state index contributed by atoms with van der Waals surface area (Å²) in [5, 5.41) is 5.28. The van der Waals surface area contributed by atoms with E-state index in [1.807, 2.05) is 18.3 Å². The van der Waals surface area contributed by atoms with Gasteiger partial charge < -0.3 is 4.98 Å². The molecule has 0 spiro atoms. The summed E-state index contributed by atoms with van der Waals surface area (Å²) < 4.78 is 46.6. The molecule has 2 aliphatic heterocycles. The van der Waals surface area contributed by atoms with E-state index in [1.54, 1.807) is 13.0 Å². The first kappa shape index (κ1) is 24.5. The highest BCUT2D eigenvalue weighted by atomic mass is 19.1. The second-order valence-corrected chi connectivity index (χ2v) is 11.9. The van der Waals surface area contributed by atoms with Gasteiger partial charge in [0.1, 0.15) is 11.6 Å². The number of hydrogen-bond acceptors (Lipinski definition) is 2. The molecule has 4 nitrogen and oxygen atoms in total. The van der Waals surface area contributed by atoms with Crippen molar-refractivity contribution in [3.8, 4) is 5.69 Å². The second kappa shape index (κ2) is 7.75. The van der Waals surface area contributed by atoms with Gasteiger partial charge in [-0.15, -0.1) is 0 Å². The molecule has 2 atom stereocenters. The molecule has 3 aliphatic rings. The van der Waals surface area contributed by atoms with Gasteiger partial charge in [-0.2, -0.15) is 5.10 Å². The number of aromatic nitrogens is 3. The van der Waals surface area contributed by atoms with Crippen LogP contribution in [-0.2, 0) is 36.1 Å². The quantitative estimate of drug-likeness (QED) is 0.306. The average molecular weight is 529 g/mol. The van der Waals surface area contributed by atoms with Gasteiger partial charge in [-0.05, 0) is 69.0 Å². The predicted octanol–water partition coefficient (Wildman–Crippen LogP) is 7.19. The first-order chi connectivity index (χ1) is 18.5. The minimum Gasteiger partial charge on any atom is -0.362 e. The van der Waals surface area contributed by atoms with Gasteiger partial charge in [-0.3, -0.25) is 4.90 Å². The summed E-state index contributed by atoms with van der Waals surface area (Å²) in [5.74, 6) is -1.13. The SMILES string of the molecule is CCc1cccc2c1-n1nc3c(c1C1(C)C2=CC(C)(F)c2[nH]ccc21)CN(Cc1ccc(F)cc1F)C3(C)C. The highest BCUT2D eigenvalue weighted by Crippen LogP contribution is 2.59. The highest BCUT2D eigenvalue weighted by molar-refractivity contribution is 5.89. The lowest BCUT2D eigenvalue weighted by Gasteiger charge is -2.44. The van der Waals surface area contributed by atoms with Gasteiger partial charge in [-0.25, -0.2) is 17.9 Å². The van der Waals surface area contributed by atoms with Gasteiger partial charge in [0.15, 0.2) is 5.67 Å². The summed E-state index contributed by atoms with van der Waals surface area (Å²) in [4.78, 5) is 5.37. The lowest BCUT2D eigenvalue weighted by molar-refractivity contribution is 0.120. The van der Waals surface area contributed by atoms with Gasteiger partial charge in [-0.1, -0.05) is 31.2 Å². The molecule has 0 saturated carbocycles. The Morgan fingerprint density at radius 2 is 1.82 bits per heavy atom. The van der Waals surface area contributed by atoms with E-state index in [-0.39, 0.29) is 0 Å². The van der Waals surface area contributed by atoms with Crippen LogP contribution in [0.15, 0.2) is 54.7 Å². The third-order valence-corrected chi connectivity index (χ3v) is 9.28. The zero-order valence-corrected chi connectivity index (χ0v) is 22.8. The maximum atomic E-state index is 16.2. The monoisotopic (exact) mass is 528 g/mol. The molecule has 4 aromatic rings. The Hall–Kier alpha value is -3.58. The fourth-order valence-corrected chi connectivity index (χ4v) is 7.18. The van der Waals surface area contributed by atoms with Crippen LogP contribution >= 0.6 is 0 Å². The van der Waals surface area contributed by atoms with Crippen LogP contribution in [0.2, 0.25) is 0 Å². The Labute approximate surface area is 226 Å². The van der Waals surface area contributed by atoms with Crippen LogP contribution in [0.3, 0.4) is 0 Å². The zero-order chi connectivity index (χ0) is 27.5. The molecule has 2 aromatic heterocycles. The van der Waals surface area contributed by atoms with Crippen molar-refractivity contribution in [3.63, 3.8) is 0 Å². The van der Waals surface area contributed by atoms with Crippen molar-refractivity contribution in [1.82, 2.24) is 19.7 Å². The van der Waals surface area contributed by atoms with Crippen molar-refractivity contribution >= 4 is 5.57 Å². The molecule has 39 heavy (non-hydrogen) atoms. The minimum atomic E-state index is -1.65. The van der Waals surface area contributed by atoms with Gasteiger partial charge in [0.25, 0.3) is 0 Å². The molecule has 0 fully saturated rings. The van der Waals surface area contributed by atoms with Crippen LogP contribution in [0.1, 0.15) is 79.5 Å². The van der Waals surface area contributed by atoms with Crippen LogP contribution in [-0.4, -0.2) is 19.7 Å². The molecule has 1 N–H and O–H groups in total. The topological polar surface area (TPSA) is 36.9 Å². The fourth-order valence-electron chi connectivity index (χ4n) is 7.18. The third-order valence-electron chi connectivity index (χ3n) is 9.28. The van der Waals surface area contributed by atoms with E-state index < -0.39 is 28.3 Å². The number of hydrogen-bond donors (Lipinski definition) is 1. The van der Waals surface area contributed by atoms with E-state index in [4.69, 9.17) is 5.10 Å².